The van der Waals surface area contributed by atoms with Gasteiger partial charge in [-0.2, -0.15) is 13.2 Å². The lowest BCUT2D eigenvalue weighted by Crippen LogP contribution is -2.41. The van der Waals surface area contributed by atoms with Crippen molar-refractivity contribution in [3.63, 3.8) is 0 Å². The minimum Gasteiger partial charge on any atom is -0.484 e. The van der Waals surface area contributed by atoms with Crippen molar-refractivity contribution in [2.75, 3.05) is 24.2 Å². The number of β-amino-alcohol motifs (C(OH)–C–C–N with tert-alkyl or cyclic N) is 1. The highest BCUT2D eigenvalue weighted by molar-refractivity contribution is 7.99. The number of rotatable bonds is 4. The van der Waals surface area contributed by atoms with Gasteiger partial charge in [0, 0.05) is 11.6 Å². The highest BCUT2D eigenvalue weighted by atomic mass is 32.2. The van der Waals surface area contributed by atoms with Crippen LogP contribution in [0.1, 0.15) is 11.3 Å². The van der Waals surface area contributed by atoms with Gasteiger partial charge in [0.25, 0.3) is 0 Å². The maximum atomic E-state index is 12.6. The minimum atomic E-state index is -4.40. The molecule has 4 rings (SSSR count). The molecule has 1 N–H and O–H groups in total. The topological polar surface area (TPSA) is 54.4 Å². The van der Waals surface area contributed by atoms with E-state index in [1.54, 1.807) is 13.1 Å². The number of imidazole rings is 1. The van der Waals surface area contributed by atoms with Crippen molar-refractivity contribution in [3.8, 4) is 11.7 Å². The van der Waals surface area contributed by atoms with Gasteiger partial charge in [-0.1, -0.05) is 17.1 Å². The van der Waals surface area contributed by atoms with E-state index < -0.39 is 12.8 Å². The van der Waals surface area contributed by atoms with Crippen molar-refractivity contribution in [1.29, 1.82) is 0 Å². The van der Waals surface area contributed by atoms with Crippen LogP contribution in [0.4, 0.5) is 13.2 Å². The molecule has 0 amide bonds. The highest BCUT2D eigenvalue weighted by Crippen LogP contribution is 2.30. The lowest BCUT2D eigenvalue weighted by molar-refractivity contribution is -0.612. The second kappa shape index (κ2) is 7.17. The van der Waals surface area contributed by atoms with Gasteiger partial charge in [0.05, 0.1) is 25.1 Å². The van der Waals surface area contributed by atoms with Crippen LogP contribution in [-0.2, 0) is 5.75 Å². The molecule has 1 aliphatic heterocycles. The van der Waals surface area contributed by atoms with Crippen LogP contribution in [0.5, 0.6) is 5.75 Å². The molecule has 6 nitrogen and oxygen atoms in total. The molecule has 3 heterocycles. The van der Waals surface area contributed by atoms with Gasteiger partial charge in [0.1, 0.15) is 11.4 Å². The Bertz CT molecular complexity index is 1020. The van der Waals surface area contributed by atoms with Crippen molar-refractivity contribution in [2.24, 2.45) is 0 Å². The summed E-state index contributed by atoms with van der Waals surface area (Å²) in [5.41, 5.74) is 3.09. The van der Waals surface area contributed by atoms with E-state index in [0.717, 1.165) is 16.7 Å². The molecule has 2 aromatic heterocycles. The third kappa shape index (κ3) is 3.37. The molecule has 0 unspecified atom stereocenters. The summed E-state index contributed by atoms with van der Waals surface area (Å²) in [5.74, 6) is 1.30. The smallest absolute Gasteiger partial charge is 0.427 e. The van der Waals surface area contributed by atoms with Crippen LogP contribution >= 0.6 is 11.9 Å². The maximum absolute atomic E-state index is 12.6. The largest absolute Gasteiger partial charge is 0.484 e. The van der Waals surface area contributed by atoms with Gasteiger partial charge in [-0.15, -0.1) is 4.68 Å². The van der Waals surface area contributed by atoms with Crippen LogP contribution in [0.15, 0.2) is 36.5 Å². The number of aromatic nitrogens is 3. The molecule has 0 aliphatic carbocycles. The Balaban J connectivity index is 1.84. The normalized spacial score (nSPS) is 14.0. The van der Waals surface area contributed by atoms with Crippen LogP contribution in [0, 0.1) is 6.92 Å². The fraction of sp³-hybridized carbons (Fsp3) is 0.333. The first-order valence-corrected chi connectivity index (χ1v) is 9.56. The van der Waals surface area contributed by atoms with Crippen molar-refractivity contribution in [2.45, 2.75) is 18.9 Å². The number of pyridine rings is 1. The third-order valence-corrected chi connectivity index (χ3v) is 5.51. The van der Waals surface area contributed by atoms with Gasteiger partial charge >= 0.3 is 12.1 Å². The Hall–Kier alpha value is -2.46. The first-order valence-electron chi connectivity index (χ1n) is 8.62. The number of hydrogen-bond donors (Lipinski definition) is 1. The predicted molar refractivity (Wildman–Crippen MR) is 99.0 cm³/mol. The van der Waals surface area contributed by atoms with Crippen LogP contribution in [0.25, 0.3) is 17.0 Å². The lowest BCUT2D eigenvalue weighted by Gasteiger charge is -2.17. The van der Waals surface area contributed by atoms with E-state index in [9.17, 15) is 18.3 Å². The number of alkyl halides is 3. The van der Waals surface area contributed by atoms with Gasteiger partial charge in [-0.3, -0.25) is 0 Å². The molecule has 0 spiro atoms. The Labute approximate surface area is 163 Å². The number of hydrogen-bond acceptors (Lipinski definition) is 5. The van der Waals surface area contributed by atoms with Crippen molar-refractivity contribution in [1.82, 2.24) is 9.66 Å². The summed E-state index contributed by atoms with van der Waals surface area (Å²) in [6.07, 6.45) is -2.72. The molecule has 0 bridgehead atoms. The predicted octanol–water partition coefficient (Wildman–Crippen LogP) is 2.65. The summed E-state index contributed by atoms with van der Waals surface area (Å²) in [6.45, 7) is 0.744. The number of halogens is 3. The molecular weight excluding hydrogens is 393 g/mol. The molecule has 0 atom stereocenters. The number of benzene rings is 1. The quantitative estimate of drug-likeness (QED) is 0.529. The van der Waals surface area contributed by atoms with E-state index in [1.807, 2.05) is 37.9 Å². The molecule has 0 fully saturated rings. The van der Waals surface area contributed by atoms with Crippen LogP contribution in [-0.4, -0.2) is 40.7 Å². The van der Waals surface area contributed by atoms with Crippen LogP contribution in [0.2, 0.25) is 0 Å². The first-order chi connectivity index (χ1) is 13.4. The molecule has 0 radical (unpaired) electrons. The Morgan fingerprint density at radius 1 is 1.29 bits per heavy atom. The lowest BCUT2D eigenvalue weighted by atomic mass is 10.2. The Kier molecular flexibility index (Phi) is 4.84. The molecule has 0 saturated heterocycles. The number of nitrogens with zero attached hydrogens (tertiary/aromatic N) is 4. The molecule has 3 aromatic rings. The average Bonchev–Trinajstić information content (AvgIpc) is 2.96. The zero-order chi connectivity index (χ0) is 19.9. The molecule has 10 heteroatoms. The molecule has 1 aliphatic rings. The summed E-state index contributed by atoms with van der Waals surface area (Å²) in [7, 11) is 0. The standard InChI is InChI=1S/C18H18F3N4O2S/c1-12-15-10-28-24(8-9-26)25-14-5-3-2-4-13(14)22-17(25)23(15)7-6-16(12)27-11-18(19,20)21/h2-7,26H,8-11H2,1H3/q+1. The summed E-state index contributed by atoms with van der Waals surface area (Å²) in [6, 6.07) is 9.17. The van der Waals surface area contributed by atoms with Crippen molar-refractivity contribution < 1.29 is 27.6 Å². The van der Waals surface area contributed by atoms with Gasteiger partial charge in [0.15, 0.2) is 17.6 Å². The van der Waals surface area contributed by atoms with E-state index in [-0.39, 0.29) is 12.4 Å². The van der Waals surface area contributed by atoms with Gasteiger partial charge in [-0.05, 0) is 31.0 Å². The summed E-state index contributed by atoms with van der Waals surface area (Å²) >= 11 is 1.46. The Morgan fingerprint density at radius 2 is 2.07 bits per heavy atom. The number of aliphatic hydroxyl groups is 1. The van der Waals surface area contributed by atoms with Gasteiger partial charge in [-0.25, -0.2) is 8.98 Å². The highest BCUT2D eigenvalue weighted by Gasteiger charge is 2.33. The number of para-hydroxylation sites is 2. The van der Waals surface area contributed by atoms with E-state index in [4.69, 9.17) is 9.72 Å². The number of ether oxygens (including phenoxy) is 1. The van der Waals surface area contributed by atoms with Crippen molar-refractivity contribution in [3.05, 3.63) is 47.8 Å². The summed E-state index contributed by atoms with van der Waals surface area (Å²) in [5, 5.41) is 9.49. The van der Waals surface area contributed by atoms with Gasteiger partial charge < -0.3 is 9.84 Å². The maximum Gasteiger partial charge on any atom is 0.427 e. The summed E-state index contributed by atoms with van der Waals surface area (Å²) in [4.78, 5) is 4.71. The number of fused-ring (bicyclic) bond motifs is 5. The zero-order valence-corrected chi connectivity index (χ0v) is 15.8. The van der Waals surface area contributed by atoms with E-state index >= 15 is 0 Å². The molecule has 1 aromatic carbocycles. The van der Waals surface area contributed by atoms with Gasteiger partial charge in [0.2, 0.25) is 0 Å². The minimum absolute atomic E-state index is 0.0428. The molecule has 28 heavy (non-hydrogen) atoms. The van der Waals surface area contributed by atoms with E-state index in [0.29, 0.717) is 23.8 Å². The first kappa shape index (κ1) is 18.9. The molecule has 0 saturated carbocycles. The fourth-order valence-electron chi connectivity index (χ4n) is 3.18. The summed E-state index contributed by atoms with van der Waals surface area (Å²) < 4.78 is 48.3. The average molecular weight is 411 g/mol. The van der Waals surface area contributed by atoms with E-state index in [2.05, 4.69) is 0 Å². The molecular formula is C18H18F3N4O2S+. The van der Waals surface area contributed by atoms with Crippen LogP contribution < -0.4 is 13.7 Å². The second-order valence-electron chi connectivity index (χ2n) is 6.31. The zero-order valence-electron chi connectivity index (χ0n) is 15.0. The van der Waals surface area contributed by atoms with Crippen LogP contribution in [0.3, 0.4) is 0 Å². The molecule has 148 valence electrons. The van der Waals surface area contributed by atoms with Crippen molar-refractivity contribution >= 4 is 23.0 Å². The Morgan fingerprint density at radius 3 is 2.82 bits per heavy atom. The third-order valence-electron chi connectivity index (χ3n) is 4.46. The van der Waals surface area contributed by atoms with E-state index in [1.165, 1.54) is 18.0 Å². The fourth-order valence-corrected chi connectivity index (χ4v) is 4.30. The number of aliphatic hydroxyl groups excluding tert-OH is 1. The SMILES string of the molecule is Cc1c(OCC(F)(F)F)cc[n+]2c1CSN(CCO)n1c-2nc2ccccc21. The second-order valence-corrected chi connectivity index (χ2v) is 7.28. The monoisotopic (exact) mass is 411 g/mol.